The molecule has 1 aromatic heterocycles. The summed E-state index contributed by atoms with van der Waals surface area (Å²) in [5, 5.41) is 7.17. The monoisotopic (exact) mass is 401 g/mol. The number of hydrogen-bond donors (Lipinski definition) is 2. The van der Waals surface area contributed by atoms with Crippen molar-refractivity contribution in [2.24, 2.45) is 5.10 Å². The molecule has 0 aliphatic rings. The molecule has 6 nitrogen and oxygen atoms in total. The molecule has 0 aliphatic carbocycles. The minimum Gasteiger partial charge on any atom is -0.455 e. The third-order valence-corrected chi connectivity index (χ3v) is 3.85. The van der Waals surface area contributed by atoms with E-state index < -0.39 is 11.8 Å². The van der Waals surface area contributed by atoms with Crippen LogP contribution in [0.1, 0.15) is 5.76 Å². The smallest absolute Gasteiger partial charge is 0.329 e. The summed E-state index contributed by atoms with van der Waals surface area (Å²) in [6.45, 7) is 0. The van der Waals surface area contributed by atoms with E-state index in [1.165, 1.54) is 12.3 Å². The van der Waals surface area contributed by atoms with Crippen molar-refractivity contribution in [1.29, 1.82) is 0 Å². The first-order chi connectivity index (χ1) is 13.0. The lowest BCUT2D eigenvalue weighted by Gasteiger charge is -2.03. The Morgan fingerprint density at radius 1 is 0.926 bits per heavy atom. The van der Waals surface area contributed by atoms with Gasteiger partial charge in [-0.15, -0.1) is 0 Å². The molecule has 0 atom stereocenters. The third kappa shape index (κ3) is 5.20. The number of nitrogens with zero attached hydrogens (tertiary/aromatic N) is 1. The summed E-state index contributed by atoms with van der Waals surface area (Å²) in [6.07, 6.45) is 1.29. The van der Waals surface area contributed by atoms with Crippen molar-refractivity contribution in [3.8, 4) is 11.3 Å². The Hall–Kier alpha value is -3.09. The lowest BCUT2D eigenvalue weighted by molar-refractivity contribution is -0.136. The lowest BCUT2D eigenvalue weighted by Crippen LogP contribution is -2.32. The summed E-state index contributed by atoms with van der Waals surface area (Å²) in [5.74, 6) is -0.786. The van der Waals surface area contributed by atoms with Gasteiger partial charge in [-0.1, -0.05) is 41.4 Å². The van der Waals surface area contributed by atoms with Gasteiger partial charge in [0.25, 0.3) is 0 Å². The van der Waals surface area contributed by atoms with Crippen LogP contribution in [0.15, 0.2) is 70.2 Å². The number of benzene rings is 2. The second kappa shape index (κ2) is 8.53. The van der Waals surface area contributed by atoms with E-state index in [1.54, 1.807) is 42.5 Å². The molecule has 0 unspecified atom stereocenters. The molecule has 3 aromatic rings. The van der Waals surface area contributed by atoms with Crippen LogP contribution in [-0.2, 0) is 9.59 Å². The molecule has 2 aromatic carbocycles. The van der Waals surface area contributed by atoms with Gasteiger partial charge in [0.1, 0.15) is 11.5 Å². The lowest BCUT2D eigenvalue weighted by atomic mass is 10.2. The van der Waals surface area contributed by atoms with E-state index >= 15 is 0 Å². The van der Waals surface area contributed by atoms with Crippen molar-refractivity contribution in [1.82, 2.24) is 5.43 Å². The highest BCUT2D eigenvalue weighted by Gasteiger charge is 2.13. The number of anilines is 1. The molecule has 0 saturated heterocycles. The number of hydrazone groups is 1. The predicted octanol–water partition coefficient (Wildman–Crippen LogP) is 4.34. The number of hydrogen-bond acceptors (Lipinski definition) is 4. The maximum atomic E-state index is 11.8. The molecular formula is C19H13Cl2N3O3. The fraction of sp³-hybridized carbons (Fsp3) is 0. The number of carbonyl (C=O) groups is 2. The number of halogens is 2. The zero-order chi connectivity index (χ0) is 19.2. The van der Waals surface area contributed by atoms with Gasteiger partial charge in [-0.05, 0) is 42.5 Å². The topological polar surface area (TPSA) is 83.7 Å². The van der Waals surface area contributed by atoms with Crippen LogP contribution >= 0.6 is 23.2 Å². The van der Waals surface area contributed by atoms with E-state index in [1.807, 2.05) is 12.1 Å². The van der Waals surface area contributed by atoms with Gasteiger partial charge in [-0.25, -0.2) is 5.43 Å². The molecule has 0 radical (unpaired) electrons. The van der Waals surface area contributed by atoms with Crippen molar-refractivity contribution in [3.63, 3.8) is 0 Å². The zero-order valence-electron chi connectivity index (χ0n) is 13.8. The summed E-state index contributed by atoms with van der Waals surface area (Å²) in [7, 11) is 0. The third-order valence-electron chi connectivity index (χ3n) is 3.38. The van der Waals surface area contributed by atoms with Crippen LogP contribution in [-0.4, -0.2) is 18.0 Å². The van der Waals surface area contributed by atoms with Gasteiger partial charge >= 0.3 is 11.8 Å². The van der Waals surface area contributed by atoms with Crippen molar-refractivity contribution in [2.45, 2.75) is 0 Å². The number of carbonyl (C=O) groups excluding carboxylic acids is 2. The van der Waals surface area contributed by atoms with Gasteiger partial charge in [-0.3, -0.25) is 9.59 Å². The van der Waals surface area contributed by atoms with Crippen molar-refractivity contribution >= 4 is 46.9 Å². The maximum Gasteiger partial charge on any atom is 0.329 e. The summed E-state index contributed by atoms with van der Waals surface area (Å²) < 4.78 is 5.60. The predicted molar refractivity (Wildman–Crippen MR) is 105 cm³/mol. The van der Waals surface area contributed by atoms with Gasteiger partial charge in [0, 0.05) is 21.3 Å². The normalized spacial score (nSPS) is 10.7. The Bertz CT molecular complexity index is 1010. The highest BCUT2D eigenvalue weighted by molar-refractivity contribution is 6.39. The van der Waals surface area contributed by atoms with Crippen LogP contribution in [0.3, 0.4) is 0 Å². The van der Waals surface area contributed by atoms with Crippen LogP contribution in [0.25, 0.3) is 11.3 Å². The zero-order valence-corrected chi connectivity index (χ0v) is 15.3. The van der Waals surface area contributed by atoms with Gasteiger partial charge in [0.2, 0.25) is 0 Å². The molecule has 3 rings (SSSR count). The molecule has 2 amide bonds. The summed E-state index contributed by atoms with van der Waals surface area (Å²) in [6, 6.07) is 17.1. The minimum atomic E-state index is -0.923. The van der Waals surface area contributed by atoms with Crippen LogP contribution in [0, 0.1) is 0 Å². The van der Waals surface area contributed by atoms with Crippen LogP contribution in [0.2, 0.25) is 10.0 Å². The molecule has 8 heteroatoms. The Balaban J connectivity index is 1.57. The van der Waals surface area contributed by atoms with Crippen LogP contribution in [0.5, 0.6) is 0 Å². The van der Waals surface area contributed by atoms with Gasteiger partial charge < -0.3 is 9.73 Å². The fourth-order valence-electron chi connectivity index (χ4n) is 2.18. The first kappa shape index (κ1) is 18.7. The maximum absolute atomic E-state index is 11.8. The second-order valence-corrected chi connectivity index (χ2v) is 6.25. The standard InChI is InChI=1S/C19H13Cl2N3O3/c20-13-4-1-3-12(9-13)17-8-7-16(27-17)11-22-24-19(26)18(25)23-15-6-2-5-14(21)10-15/h1-11H,(H,23,25)(H,24,26)/b22-11+. The highest BCUT2D eigenvalue weighted by Crippen LogP contribution is 2.24. The molecule has 2 N–H and O–H groups in total. The first-order valence-electron chi connectivity index (χ1n) is 7.77. The Morgan fingerprint density at radius 3 is 2.41 bits per heavy atom. The number of nitrogens with one attached hydrogen (secondary N) is 2. The molecule has 0 fully saturated rings. The second-order valence-electron chi connectivity index (χ2n) is 5.38. The van der Waals surface area contributed by atoms with Crippen molar-refractivity contribution < 1.29 is 14.0 Å². The molecule has 27 heavy (non-hydrogen) atoms. The average Bonchev–Trinajstić information content (AvgIpc) is 3.10. The fourth-order valence-corrected chi connectivity index (χ4v) is 2.56. The Labute approximate surface area is 164 Å². The van der Waals surface area contributed by atoms with Gasteiger partial charge in [0.15, 0.2) is 0 Å². The van der Waals surface area contributed by atoms with E-state index in [-0.39, 0.29) is 0 Å². The SMILES string of the molecule is O=C(N/N=C/c1ccc(-c2cccc(Cl)c2)o1)C(=O)Nc1cccc(Cl)c1. The van der Waals surface area contributed by atoms with Gasteiger partial charge in [-0.2, -0.15) is 5.10 Å². The number of furan rings is 1. The van der Waals surface area contributed by atoms with Gasteiger partial charge in [0.05, 0.1) is 6.21 Å². The van der Waals surface area contributed by atoms with E-state index in [4.69, 9.17) is 27.6 Å². The first-order valence-corrected chi connectivity index (χ1v) is 8.52. The highest BCUT2D eigenvalue weighted by atomic mass is 35.5. The summed E-state index contributed by atoms with van der Waals surface area (Å²) in [5.41, 5.74) is 3.35. The Kier molecular flexibility index (Phi) is 5.90. The molecule has 0 saturated carbocycles. The van der Waals surface area contributed by atoms with Crippen molar-refractivity contribution in [2.75, 3.05) is 5.32 Å². The van der Waals surface area contributed by atoms with E-state index in [0.717, 1.165) is 5.56 Å². The van der Waals surface area contributed by atoms with Crippen LogP contribution in [0.4, 0.5) is 5.69 Å². The largest absolute Gasteiger partial charge is 0.455 e. The van der Waals surface area contributed by atoms with Crippen molar-refractivity contribution in [3.05, 3.63) is 76.5 Å². The van der Waals surface area contributed by atoms with E-state index in [2.05, 4.69) is 15.8 Å². The Morgan fingerprint density at radius 2 is 1.67 bits per heavy atom. The van der Waals surface area contributed by atoms with Crippen LogP contribution < -0.4 is 10.7 Å². The molecule has 136 valence electrons. The molecule has 0 bridgehead atoms. The van der Waals surface area contributed by atoms with E-state index in [0.29, 0.717) is 27.3 Å². The van der Waals surface area contributed by atoms with E-state index in [9.17, 15) is 9.59 Å². The summed E-state index contributed by atoms with van der Waals surface area (Å²) in [4.78, 5) is 23.6. The summed E-state index contributed by atoms with van der Waals surface area (Å²) >= 11 is 11.8. The molecule has 0 aliphatic heterocycles. The quantitative estimate of drug-likeness (QED) is 0.387. The molecule has 1 heterocycles. The minimum absolute atomic E-state index is 0.403. The number of amides is 2. The number of rotatable bonds is 4. The average molecular weight is 402 g/mol. The molecular weight excluding hydrogens is 389 g/mol. The molecule has 0 spiro atoms.